The van der Waals surface area contributed by atoms with E-state index in [0.717, 1.165) is 29.8 Å². The first kappa shape index (κ1) is 14.5. The Labute approximate surface area is 130 Å². The predicted octanol–water partition coefficient (Wildman–Crippen LogP) is 2.45. The van der Waals surface area contributed by atoms with Gasteiger partial charge in [-0.1, -0.05) is 30.6 Å². The maximum Gasteiger partial charge on any atom is 0.282 e. The fourth-order valence-electron chi connectivity index (χ4n) is 3.32. The molecule has 2 heterocycles. The summed E-state index contributed by atoms with van der Waals surface area (Å²) in [6, 6.07) is 7.50. The molecule has 1 saturated heterocycles. The third-order valence-electron chi connectivity index (χ3n) is 4.05. The molecule has 1 fully saturated rings. The standard InChI is InChI=1S/C16H20ClN3O/c1-11-7-12(2)9-20(8-11)10-15-18-16(19-21-15)13-3-5-14(17)6-4-13/h3-6,11-12H,7-10H2,1-2H3/p+1/t11-,12-/m1/s1. The number of benzene rings is 1. The first-order valence-electron chi connectivity index (χ1n) is 7.52. The number of nitrogens with zero attached hydrogens (tertiary/aromatic N) is 2. The molecule has 0 spiro atoms. The molecule has 0 aliphatic carbocycles. The quantitative estimate of drug-likeness (QED) is 0.947. The predicted molar refractivity (Wildman–Crippen MR) is 82.1 cm³/mol. The second-order valence-electron chi connectivity index (χ2n) is 6.30. The van der Waals surface area contributed by atoms with Crippen LogP contribution >= 0.6 is 11.6 Å². The molecular weight excluding hydrogens is 286 g/mol. The highest BCUT2D eigenvalue weighted by Gasteiger charge is 2.26. The van der Waals surface area contributed by atoms with Crippen molar-refractivity contribution in [1.29, 1.82) is 0 Å². The number of aromatic nitrogens is 2. The summed E-state index contributed by atoms with van der Waals surface area (Å²) < 4.78 is 5.41. The number of hydrogen-bond acceptors (Lipinski definition) is 3. The normalized spacial score (nSPS) is 26.0. The Bertz CT molecular complexity index is 586. The average molecular weight is 307 g/mol. The molecule has 2 aromatic rings. The molecule has 1 aliphatic rings. The second-order valence-corrected chi connectivity index (χ2v) is 6.74. The molecule has 1 N–H and O–H groups in total. The van der Waals surface area contributed by atoms with Crippen molar-refractivity contribution in [2.24, 2.45) is 11.8 Å². The smallest absolute Gasteiger partial charge is 0.282 e. The molecule has 0 radical (unpaired) electrons. The van der Waals surface area contributed by atoms with Gasteiger partial charge in [-0.15, -0.1) is 0 Å². The molecule has 2 atom stereocenters. The Morgan fingerprint density at radius 3 is 2.52 bits per heavy atom. The zero-order chi connectivity index (χ0) is 14.8. The van der Waals surface area contributed by atoms with Crippen LogP contribution in [0, 0.1) is 11.8 Å². The van der Waals surface area contributed by atoms with Crippen LogP contribution in [-0.2, 0) is 6.54 Å². The fourth-order valence-corrected chi connectivity index (χ4v) is 3.45. The van der Waals surface area contributed by atoms with Crippen molar-refractivity contribution in [1.82, 2.24) is 10.1 Å². The van der Waals surface area contributed by atoms with E-state index in [1.807, 2.05) is 24.3 Å². The summed E-state index contributed by atoms with van der Waals surface area (Å²) in [6.45, 7) is 7.83. The fraction of sp³-hybridized carbons (Fsp3) is 0.500. The maximum absolute atomic E-state index is 5.89. The lowest BCUT2D eigenvalue weighted by Crippen LogP contribution is -3.13. The van der Waals surface area contributed by atoms with Crippen molar-refractivity contribution in [3.05, 3.63) is 35.2 Å². The summed E-state index contributed by atoms with van der Waals surface area (Å²) >= 11 is 5.89. The first-order valence-corrected chi connectivity index (χ1v) is 7.90. The number of rotatable bonds is 3. The van der Waals surface area contributed by atoms with Gasteiger partial charge in [0.05, 0.1) is 13.1 Å². The van der Waals surface area contributed by atoms with E-state index in [-0.39, 0.29) is 0 Å². The van der Waals surface area contributed by atoms with E-state index in [9.17, 15) is 0 Å². The highest BCUT2D eigenvalue weighted by molar-refractivity contribution is 6.30. The number of piperidine rings is 1. The van der Waals surface area contributed by atoms with E-state index in [1.165, 1.54) is 24.4 Å². The van der Waals surface area contributed by atoms with E-state index < -0.39 is 0 Å². The number of likely N-dealkylation sites (tertiary alicyclic amines) is 1. The first-order chi connectivity index (χ1) is 10.1. The lowest BCUT2D eigenvalue weighted by Gasteiger charge is -2.30. The Morgan fingerprint density at radius 1 is 1.19 bits per heavy atom. The van der Waals surface area contributed by atoms with Crippen LogP contribution < -0.4 is 4.90 Å². The van der Waals surface area contributed by atoms with Crippen LogP contribution in [0.2, 0.25) is 5.02 Å². The second kappa shape index (κ2) is 6.16. The molecule has 4 nitrogen and oxygen atoms in total. The SMILES string of the molecule is C[C@@H]1C[C@@H](C)C[NH+](Cc2nc(-c3ccc(Cl)cc3)no2)C1. The van der Waals surface area contributed by atoms with Crippen molar-refractivity contribution in [3.8, 4) is 11.4 Å². The minimum Gasteiger partial charge on any atom is -0.333 e. The van der Waals surface area contributed by atoms with E-state index in [2.05, 4.69) is 24.0 Å². The third-order valence-corrected chi connectivity index (χ3v) is 4.30. The van der Waals surface area contributed by atoms with Gasteiger partial charge in [0, 0.05) is 22.4 Å². The lowest BCUT2D eigenvalue weighted by molar-refractivity contribution is -0.926. The lowest BCUT2D eigenvalue weighted by atomic mass is 9.92. The molecule has 0 bridgehead atoms. The topological polar surface area (TPSA) is 43.4 Å². The van der Waals surface area contributed by atoms with Gasteiger partial charge >= 0.3 is 0 Å². The summed E-state index contributed by atoms with van der Waals surface area (Å²) in [7, 11) is 0. The zero-order valence-corrected chi connectivity index (χ0v) is 13.2. The third kappa shape index (κ3) is 3.63. The molecule has 3 rings (SSSR count). The number of hydrogen-bond donors (Lipinski definition) is 1. The minimum absolute atomic E-state index is 0.638. The molecular formula is C16H21ClN3O+. The van der Waals surface area contributed by atoms with Crippen LogP contribution in [0.25, 0.3) is 11.4 Å². The van der Waals surface area contributed by atoms with Crippen LogP contribution in [0.4, 0.5) is 0 Å². The van der Waals surface area contributed by atoms with Crippen LogP contribution in [0.5, 0.6) is 0 Å². The summed E-state index contributed by atoms with van der Waals surface area (Å²) in [5.74, 6) is 2.89. The molecule has 1 aromatic heterocycles. The van der Waals surface area contributed by atoms with Crippen LogP contribution in [0.3, 0.4) is 0 Å². The Hall–Kier alpha value is -1.39. The van der Waals surface area contributed by atoms with Crippen LogP contribution in [-0.4, -0.2) is 23.2 Å². The summed E-state index contributed by atoms with van der Waals surface area (Å²) in [4.78, 5) is 6.05. The van der Waals surface area contributed by atoms with Gasteiger partial charge in [-0.2, -0.15) is 4.98 Å². The average Bonchev–Trinajstić information content (AvgIpc) is 2.87. The molecule has 1 aromatic carbocycles. The maximum atomic E-state index is 5.89. The van der Waals surface area contributed by atoms with Crippen molar-refractivity contribution < 1.29 is 9.42 Å². The number of halogens is 1. The molecule has 0 amide bonds. The molecule has 0 saturated carbocycles. The zero-order valence-electron chi connectivity index (χ0n) is 12.5. The molecule has 112 valence electrons. The van der Waals surface area contributed by atoms with Crippen molar-refractivity contribution in [3.63, 3.8) is 0 Å². The summed E-state index contributed by atoms with van der Waals surface area (Å²) in [5.41, 5.74) is 0.935. The van der Waals surface area contributed by atoms with E-state index in [4.69, 9.17) is 16.1 Å². The van der Waals surface area contributed by atoms with Gasteiger partial charge in [-0.25, -0.2) is 0 Å². The number of nitrogens with one attached hydrogen (secondary N) is 1. The van der Waals surface area contributed by atoms with Gasteiger partial charge in [0.25, 0.3) is 5.89 Å². The molecule has 5 heteroatoms. The Kier molecular flexibility index (Phi) is 4.27. The molecule has 1 aliphatic heterocycles. The van der Waals surface area contributed by atoms with E-state index in [0.29, 0.717) is 10.8 Å². The summed E-state index contributed by atoms with van der Waals surface area (Å²) in [5, 5.41) is 4.79. The van der Waals surface area contributed by atoms with Gasteiger partial charge in [-0.3, -0.25) is 0 Å². The largest absolute Gasteiger partial charge is 0.333 e. The Morgan fingerprint density at radius 2 is 1.86 bits per heavy atom. The van der Waals surface area contributed by atoms with Crippen molar-refractivity contribution >= 4 is 11.6 Å². The van der Waals surface area contributed by atoms with Gasteiger partial charge in [0.2, 0.25) is 5.82 Å². The van der Waals surface area contributed by atoms with Crippen molar-refractivity contribution in [2.75, 3.05) is 13.1 Å². The highest BCUT2D eigenvalue weighted by atomic mass is 35.5. The van der Waals surface area contributed by atoms with E-state index in [1.54, 1.807) is 0 Å². The van der Waals surface area contributed by atoms with Gasteiger partial charge < -0.3 is 9.42 Å². The van der Waals surface area contributed by atoms with Gasteiger partial charge in [0.1, 0.15) is 0 Å². The Balaban J connectivity index is 1.69. The van der Waals surface area contributed by atoms with Crippen LogP contribution in [0.1, 0.15) is 26.2 Å². The monoisotopic (exact) mass is 306 g/mol. The molecule has 21 heavy (non-hydrogen) atoms. The van der Waals surface area contributed by atoms with Crippen LogP contribution in [0.15, 0.2) is 28.8 Å². The highest BCUT2D eigenvalue weighted by Crippen LogP contribution is 2.18. The van der Waals surface area contributed by atoms with Gasteiger partial charge in [-0.05, 0) is 30.7 Å². The number of quaternary nitrogens is 1. The van der Waals surface area contributed by atoms with Crippen molar-refractivity contribution in [2.45, 2.75) is 26.8 Å². The molecule has 0 unspecified atom stereocenters. The van der Waals surface area contributed by atoms with E-state index >= 15 is 0 Å². The summed E-state index contributed by atoms with van der Waals surface area (Å²) in [6.07, 6.45) is 1.32. The van der Waals surface area contributed by atoms with Gasteiger partial charge in [0.15, 0.2) is 6.54 Å². The minimum atomic E-state index is 0.638.